The van der Waals surface area contributed by atoms with Crippen LogP contribution in [0.1, 0.15) is 22.5 Å². The number of ether oxygens (including phenoxy) is 1. The summed E-state index contributed by atoms with van der Waals surface area (Å²) in [6.45, 7) is 1.50. The second-order valence-electron chi connectivity index (χ2n) is 4.92. The first-order valence-corrected chi connectivity index (χ1v) is 7.75. The maximum atomic E-state index is 12.3. The first-order valence-electron chi connectivity index (χ1n) is 6.87. The largest absolute Gasteiger partial charge is 0.489 e. The number of benzene rings is 1. The van der Waals surface area contributed by atoms with E-state index in [1.165, 1.54) is 11.3 Å². The van der Waals surface area contributed by atoms with Crippen LogP contribution < -0.4 is 4.74 Å². The topological polar surface area (TPSA) is 29.5 Å². The van der Waals surface area contributed by atoms with Crippen LogP contribution in [-0.2, 0) is 0 Å². The van der Waals surface area contributed by atoms with Crippen molar-refractivity contribution >= 4 is 17.2 Å². The van der Waals surface area contributed by atoms with Crippen molar-refractivity contribution < 1.29 is 9.53 Å². The van der Waals surface area contributed by atoms with Gasteiger partial charge < -0.3 is 9.64 Å². The molecular formula is C16H17NO2S. The Bertz CT molecular complexity index is 553. The summed E-state index contributed by atoms with van der Waals surface area (Å²) in [5.41, 5.74) is 0. The normalized spacial score (nSPS) is 18.8. The molecule has 1 amide bonds. The van der Waals surface area contributed by atoms with Gasteiger partial charge in [-0.3, -0.25) is 4.79 Å². The van der Waals surface area contributed by atoms with Crippen molar-refractivity contribution in [2.75, 3.05) is 13.1 Å². The zero-order valence-electron chi connectivity index (χ0n) is 11.2. The SMILES string of the molecule is O=C(c1cccs1)N1CCCC(Oc2ccccc2)C1. The molecule has 0 spiro atoms. The number of piperidine rings is 1. The van der Waals surface area contributed by atoms with Crippen LogP contribution >= 0.6 is 11.3 Å². The van der Waals surface area contributed by atoms with Crippen molar-refractivity contribution in [3.05, 3.63) is 52.7 Å². The molecule has 20 heavy (non-hydrogen) atoms. The number of carbonyl (C=O) groups excluding carboxylic acids is 1. The average Bonchev–Trinajstić information content (AvgIpc) is 3.02. The molecule has 0 aliphatic carbocycles. The number of rotatable bonds is 3. The summed E-state index contributed by atoms with van der Waals surface area (Å²) < 4.78 is 5.96. The molecule has 0 N–H and O–H groups in total. The summed E-state index contributed by atoms with van der Waals surface area (Å²) in [6, 6.07) is 13.6. The van der Waals surface area contributed by atoms with E-state index in [9.17, 15) is 4.79 Å². The second kappa shape index (κ2) is 6.09. The number of amides is 1. The van der Waals surface area contributed by atoms with Gasteiger partial charge in [-0.05, 0) is 36.4 Å². The quantitative estimate of drug-likeness (QED) is 0.865. The molecule has 0 saturated carbocycles. The molecule has 1 atom stereocenters. The van der Waals surface area contributed by atoms with Crippen LogP contribution in [0, 0.1) is 0 Å². The number of thiophene rings is 1. The van der Waals surface area contributed by atoms with E-state index in [2.05, 4.69) is 0 Å². The van der Waals surface area contributed by atoms with Crippen molar-refractivity contribution in [1.82, 2.24) is 4.90 Å². The molecule has 1 saturated heterocycles. The van der Waals surface area contributed by atoms with E-state index in [0.717, 1.165) is 30.0 Å². The number of hydrogen-bond donors (Lipinski definition) is 0. The van der Waals surface area contributed by atoms with Gasteiger partial charge in [0.25, 0.3) is 5.91 Å². The van der Waals surface area contributed by atoms with Gasteiger partial charge in [0.15, 0.2) is 0 Å². The Morgan fingerprint density at radius 3 is 2.80 bits per heavy atom. The van der Waals surface area contributed by atoms with Gasteiger partial charge in [0.1, 0.15) is 11.9 Å². The van der Waals surface area contributed by atoms with E-state index in [4.69, 9.17) is 4.74 Å². The smallest absolute Gasteiger partial charge is 0.264 e. The van der Waals surface area contributed by atoms with E-state index < -0.39 is 0 Å². The molecule has 0 bridgehead atoms. The first-order chi connectivity index (χ1) is 9.83. The standard InChI is InChI=1S/C16H17NO2S/c18-16(15-9-5-11-20-15)17-10-4-8-14(12-17)19-13-6-2-1-3-7-13/h1-3,5-7,9,11,14H,4,8,10,12H2. The van der Waals surface area contributed by atoms with Gasteiger partial charge in [0.2, 0.25) is 0 Å². The van der Waals surface area contributed by atoms with Gasteiger partial charge in [-0.2, -0.15) is 0 Å². The summed E-state index contributed by atoms with van der Waals surface area (Å²) in [5, 5.41) is 1.94. The fraction of sp³-hybridized carbons (Fsp3) is 0.312. The summed E-state index contributed by atoms with van der Waals surface area (Å²) in [6.07, 6.45) is 2.09. The lowest BCUT2D eigenvalue weighted by atomic mass is 10.1. The second-order valence-corrected chi connectivity index (χ2v) is 5.87. The molecule has 4 heteroatoms. The molecule has 1 aliphatic heterocycles. The van der Waals surface area contributed by atoms with Crippen molar-refractivity contribution in [1.29, 1.82) is 0 Å². The minimum absolute atomic E-state index is 0.0927. The highest BCUT2D eigenvalue weighted by molar-refractivity contribution is 7.12. The van der Waals surface area contributed by atoms with Gasteiger partial charge in [-0.1, -0.05) is 24.3 Å². The van der Waals surface area contributed by atoms with Crippen molar-refractivity contribution in [3.8, 4) is 5.75 Å². The summed E-state index contributed by atoms with van der Waals surface area (Å²) in [4.78, 5) is 15.1. The van der Waals surface area contributed by atoms with E-state index >= 15 is 0 Å². The van der Waals surface area contributed by atoms with Crippen molar-refractivity contribution in [2.45, 2.75) is 18.9 Å². The predicted molar refractivity (Wildman–Crippen MR) is 80.3 cm³/mol. The Hall–Kier alpha value is -1.81. The molecule has 1 aliphatic rings. The zero-order chi connectivity index (χ0) is 13.8. The maximum Gasteiger partial charge on any atom is 0.264 e. The van der Waals surface area contributed by atoms with E-state index in [1.54, 1.807) is 0 Å². The highest BCUT2D eigenvalue weighted by Gasteiger charge is 2.26. The molecule has 3 rings (SSSR count). The molecule has 2 aromatic rings. The van der Waals surface area contributed by atoms with Gasteiger partial charge in [-0.25, -0.2) is 0 Å². The number of hydrogen-bond acceptors (Lipinski definition) is 3. The fourth-order valence-corrected chi connectivity index (χ4v) is 3.16. The van der Waals surface area contributed by atoms with Crippen LogP contribution in [-0.4, -0.2) is 30.0 Å². The van der Waals surface area contributed by atoms with E-state index in [0.29, 0.717) is 6.54 Å². The molecule has 0 radical (unpaired) electrons. The number of carbonyl (C=O) groups is 1. The Morgan fingerprint density at radius 2 is 2.05 bits per heavy atom. The van der Waals surface area contributed by atoms with Crippen LogP contribution in [0.2, 0.25) is 0 Å². The summed E-state index contributed by atoms with van der Waals surface area (Å²) in [5.74, 6) is 1.00. The third-order valence-electron chi connectivity index (χ3n) is 3.44. The summed E-state index contributed by atoms with van der Waals surface area (Å²) >= 11 is 1.50. The summed E-state index contributed by atoms with van der Waals surface area (Å²) in [7, 11) is 0. The van der Waals surface area contributed by atoms with Crippen LogP contribution in [0.5, 0.6) is 5.75 Å². The third-order valence-corrected chi connectivity index (χ3v) is 4.30. The van der Waals surface area contributed by atoms with E-state index in [1.807, 2.05) is 52.7 Å². The highest BCUT2D eigenvalue weighted by Crippen LogP contribution is 2.20. The fourth-order valence-electron chi connectivity index (χ4n) is 2.47. The Kier molecular flexibility index (Phi) is 4.02. The minimum atomic E-state index is 0.0927. The molecular weight excluding hydrogens is 270 g/mol. The molecule has 1 aromatic heterocycles. The molecule has 1 unspecified atom stereocenters. The molecule has 3 nitrogen and oxygen atoms in total. The van der Waals surface area contributed by atoms with Crippen LogP contribution in [0.3, 0.4) is 0 Å². The highest BCUT2D eigenvalue weighted by atomic mass is 32.1. The first kappa shape index (κ1) is 13.2. The maximum absolute atomic E-state index is 12.3. The zero-order valence-corrected chi connectivity index (χ0v) is 12.0. The van der Waals surface area contributed by atoms with Gasteiger partial charge in [-0.15, -0.1) is 11.3 Å². The number of likely N-dealkylation sites (tertiary alicyclic amines) is 1. The lowest BCUT2D eigenvalue weighted by Gasteiger charge is -2.32. The minimum Gasteiger partial charge on any atom is -0.489 e. The Labute approximate surface area is 122 Å². The number of para-hydroxylation sites is 1. The molecule has 1 aromatic carbocycles. The average molecular weight is 287 g/mol. The third kappa shape index (κ3) is 3.02. The monoisotopic (exact) mass is 287 g/mol. The van der Waals surface area contributed by atoms with Crippen LogP contribution in [0.15, 0.2) is 47.8 Å². The molecule has 2 heterocycles. The Morgan fingerprint density at radius 1 is 1.20 bits per heavy atom. The molecule has 104 valence electrons. The predicted octanol–water partition coefficient (Wildman–Crippen LogP) is 3.43. The van der Waals surface area contributed by atoms with Crippen molar-refractivity contribution in [2.24, 2.45) is 0 Å². The number of nitrogens with zero attached hydrogens (tertiary/aromatic N) is 1. The van der Waals surface area contributed by atoms with Gasteiger partial charge >= 0.3 is 0 Å². The lowest BCUT2D eigenvalue weighted by Crippen LogP contribution is -2.44. The van der Waals surface area contributed by atoms with Crippen molar-refractivity contribution in [3.63, 3.8) is 0 Å². The molecule has 1 fully saturated rings. The van der Waals surface area contributed by atoms with Gasteiger partial charge in [0.05, 0.1) is 11.4 Å². The lowest BCUT2D eigenvalue weighted by molar-refractivity contribution is 0.0542. The Balaban J connectivity index is 1.63. The van der Waals surface area contributed by atoms with Gasteiger partial charge in [0, 0.05) is 6.54 Å². The van der Waals surface area contributed by atoms with E-state index in [-0.39, 0.29) is 12.0 Å². The van der Waals surface area contributed by atoms with Crippen LogP contribution in [0.25, 0.3) is 0 Å². The van der Waals surface area contributed by atoms with Crippen LogP contribution in [0.4, 0.5) is 0 Å².